The number of allylic oxidation sites excluding steroid dienone is 1. The molecule has 1 atom stereocenters. The summed E-state index contributed by atoms with van der Waals surface area (Å²) in [5.74, 6) is 0. The third-order valence-electron chi connectivity index (χ3n) is 4.56. The molecule has 1 N–H and O–H groups in total. The van der Waals surface area contributed by atoms with E-state index in [4.69, 9.17) is 0 Å². The van der Waals surface area contributed by atoms with Gasteiger partial charge in [0.2, 0.25) is 0 Å². The Labute approximate surface area is 107 Å². The topological polar surface area (TPSA) is 12.0 Å². The van der Waals surface area contributed by atoms with Gasteiger partial charge in [-0.05, 0) is 19.5 Å². The molecular formula is C13H31NSi2. The summed E-state index contributed by atoms with van der Waals surface area (Å²) in [5, 5.41) is 5.38. The zero-order chi connectivity index (χ0) is 12.8. The van der Waals surface area contributed by atoms with Crippen LogP contribution in [-0.2, 0) is 0 Å². The summed E-state index contributed by atoms with van der Waals surface area (Å²) in [6, 6.07) is 4.24. The Hall–Kier alpha value is 0.134. The first-order valence-corrected chi connectivity index (χ1v) is 10.5. The second-order valence-corrected chi connectivity index (χ2v) is 12.5. The van der Waals surface area contributed by atoms with Crippen molar-refractivity contribution in [2.24, 2.45) is 0 Å². The summed E-state index contributed by atoms with van der Waals surface area (Å²) in [6.45, 7) is 15.2. The van der Waals surface area contributed by atoms with Crippen molar-refractivity contribution in [2.45, 2.75) is 65.3 Å². The van der Waals surface area contributed by atoms with Crippen LogP contribution in [0.2, 0.25) is 18.1 Å². The summed E-state index contributed by atoms with van der Waals surface area (Å²) in [4.78, 5) is 0. The van der Waals surface area contributed by atoms with Gasteiger partial charge in [-0.1, -0.05) is 56.6 Å². The van der Waals surface area contributed by atoms with E-state index >= 15 is 0 Å². The van der Waals surface area contributed by atoms with Crippen LogP contribution in [0.1, 0.15) is 41.5 Å². The van der Waals surface area contributed by atoms with Crippen molar-refractivity contribution in [2.75, 3.05) is 6.54 Å². The first kappa shape index (κ1) is 16.1. The highest BCUT2D eigenvalue weighted by Crippen LogP contribution is 2.24. The molecule has 0 aliphatic carbocycles. The summed E-state index contributed by atoms with van der Waals surface area (Å²) < 4.78 is 0. The molecule has 0 amide bonds. The van der Waals surface area contributed by atoms with Gasteiger partial charge in [-0.2, -0.15) is 0 Å². The van der Waals surface area contributed by atoms with Gasteiger partial charge in [0.25, 0.3) is 0 Å². The van der Waals surface area contributed by atoms with Crippen molar-refractivity contribution < 1.29 is 0 Å². The predicted molar refractivity (Wildman–Crippen MR) is 83.0 cm³/mol. The Morgan fingerprint density at radius 2 is 1.56 bits per heavy atom. The van der Waals surface area contributed by atoms with Crippen molar-refractivity contribution >= 4 is 18.3 Å². The summed E-state index contributed by atoms with van der Waals surface area (Å²) in [6.07, 6.45) is 0. The van der Waals surface area contributed by atoms with Crippen molar-refractivity contribution in [3.8, 4) is 0 Å². The molecule has 96 valence electrons. The van der Waals surface area contributed by atoms with Crippen molar-refractivity contribution in [3.05, 3.63) is 10.8 Å². The Kier molecular flexibility index (Phi) is 7.52. The van der Waals surface area contributed by atoms with E-state index in [0.29, 0.717) is 0 Å². The third kappa shape index (κ3) is 4.19. The smallest absolute Gasteiger partial charge is 0.0714 e. The average Bonchev–Trinajstić information content (AvgIpc) is 2.28. The van der Waals surface area contributed by atoms with Crippen LogP contribution in [-0.4, -0.2) is 30.5 Å². The lowest BCUT2D eigenvalue weighted by atomic mass is 10.3. The number of rotatable bonds is 7. The zero-order valence-electron chi connectivity index (χ0n) is 12.4. The lowest BCUT2D eigenvalue weighted by molar-refractivity contribution is 0.684. The molecule has 0 rings (SSSR count). The zero-order valence-corrected chi connectivity index (χ0v) is 15.4. The molecule has 0 radical (unpaired) electrons. The molecule has 0 heterocycles. The maximum Gasteiger partial charge on any atom is 0.0714 e. The molecule has 3 heteroatoms. The van der Waals surface area contributed by atoms with E-state index < -0.39 is 8.07 Å². The Bertz CT molecular complexity index is 220. The molecule has 0 aromatic rings. The second kappa shape index (κ2) is 7.46. The quantitative estimate of drug-likeness (QED) is 0.692. The minimum atomic E-state index is -1.04. The van der Waals surface area contributed by atoms with Crippen LogP contribution in [0, 0.1) is 0 Å². The lowest BCUT2D eigenvalue weighted by Crippen LogP contribution is -2.52. The largest absolute Gasteiger partial charge is 0.313 e. The molecule has 0 aromatic carbocycles. The van der Waals surface area contributed by atoms with E-state index in [-0.39, 0.29) is 0 Å². The van der Waals surface area contributed by atoms with Crippen LogP contribution >= 0.6 is 0 Å². The molecule has 0 saturated heterocycles. The molecule has 0 spiro atoms. The van der Waals surface area contributed by atoms with Crippen molar-refractivity contribution in [1.82, 2.24) is 5.32 Å². The highest BCUT2D eigenvalue weighted by molar-refractivity contribution is 6.81. The summed E-state index contributed by atoms with van der Waals surface area (Å²) in [7, 11) is 0.161. The van der Waals surface area contributed by atoms with E-state index in [1.54, 1.807) is 10.8 Å². The number of hydrogen-bond donors (Lipinski definition) is 1. The molecule has 0 aliphatic heterocycles. The molecule has 0 fully saturated rings. The molecule has 0 bridgehead atoms. The Morgan fingerprint density at radius 1 is 1.12 bits per heavy atom. The van der Waals surface area contributed by atoms with Crippen molar-refractivity contribution in [3.63, 3.8) is 0 Å². The van der Waals surface area contributed by atoms with Gasteiger partial charge in [-0.15, -0.1) is 0 Å². The number of hydrogen-bond acceptors (Lipinski definition) is 1. The highest BCUT2D eigenvalue weighted by atomic mass is 28.3. The van der Waals surface area contributed by atoms with Gasteiger partial charge < -0.3 is 5.32 Å². The molecule has 16 heavy (non-hydrogen) atoms. The fraction of sp³-hybridized carbons (Fsp3) is 0.846. The van der Waals surface area contributed by atoms with Gasteiger partial charge in [0.15, 0.2) is 0 Å². The fourth-order valence-corrected chi connectivity index (χ4v) is 6.42. The van der Waals surface area contributed by atoms with E-state index in [1.807, 2.05) is 0 Å². The molecule has 0 aliphatic rings. The van der Waals surface area contributed by atoms with E-state index in [1.165, 1.54) is 28.4 Å². The normalized spacial score (nSPS) is 16.1. The standard InChI is InChI=1S/C13H31NSi2/c1-7-16(8-2,9-3)13(6)14-10-11(4)12(5)15/h13-14H,7-10H2,1-6,15H3. The van der Waals surface area contributed by atoms with Gasteiger partial charge in [-0.25, -0.2) is 0 Å². The van der Waals surface area contributed by atoms with Gasteiger partial charge >= 0.3 is 0 Å². The van der Waals surface area contributed by atoms with Gasteiger partial charge in [0.1, 0.15) is 0 Å². The van der Waals surface area contributed by atoms with Crippen LogP contribution in [0.3, 0.4) is 0 Å². The van der Waals surface area contributed by atoms with Crippen LogP contribution < -0.4 is 5.32 Å². The molecule has 0 saturated carbocycles. The summed E-state index contributed by atoms with van der Waals surface area (Å²) in [5.41, 5.74) is 2.31. The third-order valence-corrected chi connectivity index (χ3v) is 11.7. The first-order chi connectivity index (χ1) is 7.43. The van der Waals surface area contributed by atoms with Crippen LogP contribution in [0.15, 0.2) is 10.8 Å². The maximum atomic E-state index is 3.78. The monoisotopic (exact) mass is 257 g/mol. The van der Waals surface area contributed by atoms with Gasteiger partial charge in [-0.3, -0.25) is 0 Å². The van der Waals surface area contributed by atoms with Gasteiger partial charge in [0.05, 0.1) is 8.07 Å². The summed E-state index contributed by atoms with van der Waals surface area (Å²) >= 11 is 0. The Balaban J connectivity index is 4.44. The van der Waals surface area contributed by atoms with Crippen LogP contribution in [0.25, 0.3) is 0 Å². The predicted octanol–water partition coefficient (Wildman–Crippen LogP) is 2.67. The van der Waals surface area contributed by atoms with Crippen LogP contribution in [0.5, 0.6) is 0 Å². The van der Waals surface area contributed by atoms with Crippen molar-refractivity contribution in [1.29, 1.82) is 0 Å². The highest BCUT2D eigenvalue weighted by Gasteiger charge is 2.32. The molecular weight excluding hydrogens is 226 g/mol. The fourth-order valence-electron chi connectivity index (χ4n) is 2.37. The lowest BCUT2D eigenvalue weighted by Gasteiger charge is -2.35. The molecule has 1 nitrogen and oxygen atoms in total. The minimum absolute atomic E-state index is 0.753. The second-order valence-electron chi connectivity index (χ2n) is 5.31. The number of nitrogens with one attached hydrogen (secondary N) is 1. The van der Waals surface area contributed by atoms with E-state index in [9.17, 15) is 0 Å². The molecule has 0 aromatic heterocycles. The van der Waals surface area contributed by atoms with Gasteiger partial charge in [0, 0.05) is 16.8 Å². The Morgan fingerprint density at radius 3 is 1.88 bits per heavy atom. The average molecular weight is 258 g/mol. The first-order valence-electron chi connectivity index (χ1n) is 6.79. The van der Waals surface area contributed by atoms with Crippen LogP contribution in [0.4, 0.5) is 0 Å². The van der Waals surface area contributed by atoms with E-state index in [0.717, 1.165) is 12.2 Å². The molecule has 1 unspecified atom stereocenters. The van der Waals surface area contributed by atoms with E-state index in [2.05, 4.69) is 46.9 Å². The maximum absolute atomic E-state index is 3.78. The SMILES string of the molecule is CC[Si](CC)(CC)C(C)NCC(C)=C(C)[SiH3]. The minimum Gasteiger partial charge on any atom is -0.313 e.